The quantitative estimate of drug-likeness (QED) is 0.806. The third-order valence-electron chi connectivity index (χ3n) is 5.08. The molecule has 3 heteroatoms. The van der Waals surface area contributed by atoms with Crippen LogP contribution < -0.4 is 0 Å². The van der Waals surface area contributed by atoms with Gasteiger partial charge in [-0.05, 0) is 54.7 Å². The molecule has 0 spiro atoms. The molecule has 3 rings (SSSR count). The van der Waals surface area contributed by atoms with E-state index in [1.165, 1.54) is 31.2 Å². The average Bonchev–Trinajstić information content (AvgIpc) is 3.03. The van der Waals surface area contributed by atoms with Gasteiger partial charge in [0.2, 0.25) is 5.91 Å². The fourth-order valence-electron chi connectivity index (χ4n) is 3.96. The van der Waals surface area contributed by atoms with Gasteiger partial charge in [0.1, 0.15) is 0 Å². The predicted molar refractivity (Wildman–Crippen MR) is 84.2 cm³/mol. The van der Waals surface area contributed by atoms with Crippen molar-refractivity contribution < 1.29 is 4.79 Å². The van der Waals surface area contributed by atoms with Crippen LogP contribution in [-0.4, -0.2) is 17.9 Å². The van der Waals surface area contributed by atoms with E-state index in [-0.39, 0.29) is 0 Å². The normalized spacial score (nSPS) is 27.8. The maximum Gasteiger partial charge on any atom is 0.222 e. The van der Waals surface area contributed by atoms with Crippen molar-refractivity contribution in [1.29, 1.82) is 0 Å². The lowest BCUT2D eigenvalue weighted by Gasteiger charge is -2.24. The van der Waals surface area contributed by atoms with Gasteiger partial charge < -0.3 is 4.90 Å². The van der Waals surface area contributed by atoms with Crippen molar-refractivity contribution >= 4 is 21.8 Å². The first kappa shape index (κ1) is 14.1. The zero-order valence-electron chi connectivity index (χ0n) is 12.0. The highest BCUT2D eigenvalue weighted by molar-refractivity contribution is 9.10. The number of rotatable bonds is 4. The topological polar surface area (TPSA) is 20.3 Å². The summed E-state index contributed by atoms with van der Waals surface area (Å²) in [6.07, 6.45) is 6.20. The molecular formula is C17H22BrNO. The number of hydrogen-bond donors (Lipinski definition) is 0. The third-order valence-corrected chi connectivity index (χ3v) is 5.61. The van der Waals surface area contributed by atoms with E-state index in [1.54, 1.807) is 0 Å². The van der Waals surface area contributed by atoms with Gasteiger partial charge in [-0.1, -0.05) is 34.5 Å². The lowest BCUT2D eigenvalue weighted by Crippen LogP contribution is -2.29. The van der Waals surface area contributed by atoms with Gasteiger partial charge in [0.25, 0.3) is 0 Å². The number of nitrogens with zero attached hydrogens (tertiary/aromatic N) is 1. The Bertz CT molecular complexity index is 484. The SMILES string of the molecule is CN(Cc1ccc(Br)cc1)C(=O)CC1CC2CCC1C2. The summed E-state index contributed by atoms with van der Waals surface area (Å²) in [5, 5.41) is 0. The molecule has 1 aromatic rings. The monoisotopic (exact) mass is 335 g/mol. The van der Waals surface area contributed by atoms with Crippen LogP contribution in [0.25, 0.3) is 0 Å². The van der Waals surface area contributed by atoms with Crippen molar-refractivity contribution in [3.8, 4) is 0 Å². The Hall–Kier alpha value is -0.830. The van der Waals surface area contributed by atoms with Crippen LogP contribution in [0.3, 0.4) is 0 Å². The molecule has 0 aliphatic heterocycles. The van der Waals surface area contributed by atoms with Crippen LogP contribution in [0.4, 0.5) is 0 Å². The van der Waals surface area contributed by atoms with Gasteiger partial charge in [-0.2, -0.15) is 0 Å². The molecule has 2 aliphatic rings. The van der Waals surface area contributed by atoms with E-state index in [4.69, 9.17) is 0 Å². The summed E-state index contributed by atoms with van der Waals surface area (Å²) in [7, 11) is 1.93. The van der Waals surface area contributed by atoms with Gasteiger partial charge in [-0.25, -0.2) is 0 Å². The van der Waals surface area contributed by atoms with Crippen molar-refractivity contribution in [3.05, 3.63) is 34.3 Å². The van der Waals surface area contributed by atoms with E-state index < -0.39 is 0 Å². The second kappa shape index (κ2) is 5.88. The van der Waals surface area contributed by atoms with Gasteiger partial charge in [-0.15, -0.1) is 0 Å². The molecule has 0 radical (unpaired) electrons. The minimum atomic E-state index is 0.311. The number of benzene rings is 1. The van der Waals surface area contributed by atoms with Crippen molar-refractivity contribution in [1.82, 2.24) is 4.90 Å². The van der Waals surface area contributed by atoms with E-state index >= 15 is 0 Å². The summed E-state index contributed by atoms with van der Waals surface area (Å²) in [5.41, 5.74) is 1.19. The molecule has 3 unspecified atom stereocenters. The predicted octanol–water partition coefficient (Wildman–Crippen LogP) is 4.23. The zero-order valence-corrected chi connectivity index (χ0v) is 13.6. The molecule has 0 N–H and O–H groups in total. The molecule has 2 saturated carbocycles. The summed E-state index contributed by atoms with van der Waals surface area (Å²) in [4.78, 5) is 14.2. The maximum absolute atomic E-state index is 12.4. The van der Waals surface area contributed by atoms with Crippen LogP contribution in [0.1, 0.15) is 37.7 Å². The first-order chi connectivity index (χ1) is 9.61. The smallest absolute Gasteiger partial charge is 0.222 e. The van der Waals surface area contributed by atoms with Gasteiger partial charge in [0.05, 0.1) is 0 Å². The lowest BCUT2D eigenvalue weighted by molar-refractivity contribution is -0.131. The van der Waals surface area contributed by atoms with Crippen LogP contribution in [0.15, 0.2) is 28.7 Å². The number of fused-ring (bicyclic) bond motifs is 2. The van der Waals surface area contributed by atoms with Crippen LogP contribution in [0, 0.1) is 17.8 Å². The largest absolute Gasteiger partial charge is 0.341 e. The van der Waals surface area contributed by atoms with Gasteiger partial charge >= 0.3 is 0 Å². The molecule has 1 aromatic carbocycles. The van der Waals surface area contributed by atoms with Crippen LogP contribution in [0.2, 0.25) is 0 Å². The molecule has 0 aromatic heterocycles. The lowest BCUT2D eigenvalue weighted by atomic mass is 9.86. The maximum atomic E-state index is 12.4. The van der Waals surface area contributed by atoms with Crippen molar-refractivity contribution in [2.75, 3.05) is 7.05 Å². The van der Waals surface area contributed by atoms with Crippen molar-refractivity contribution in [3.63, 3.8) is 0 Å². The molecule has 1 amide bonds. The summed E-state index contributed by atoms with van der Waals surface area (Å²) < 4.78 is 1.08. The first-order valence-electron chi connectivity index (χ1n) is 7.60. The second-order valence-corrected chi connectivity index (χ2v) is 7.43. The number of halogens is 1. The van der Waals surface area contributed by atoms with Crippen LogP contribution in [-0.2, 0) is 11.3 Å². The average molecular weight is 336 g/mol. The number of carbonyl (C=O) groups is 1. The summed E-state index contributed by atoms with van der Waals surface area (Å²) >= 11 is 3.44. The molecule has 2 aliphatic carbocycles. The first-order valence-corrected chi connectivity index (χ1v) is 8.39. The molecule has 0 saturated heterocycles. The Kier molecular flexibility index (Phi) is 4.16. The van der Waals surface area contributed by atoms with Gasteiger partial charge in [0, 0.05) is 24.5 Å². The second-order valence-electron chi connectivity index (χ2n) is 6.52. The Morgan fingerprint density at radius 1 is 1.25 bits per heavy atom. The Morgan fingerprint density at radius 3 is 2.60 bits per heavy atom. The van der Waals surface area contributed by atoms with Crippen LogP contribution >= 0.6 is 15.9 Å². The van der Waals surface area contributed by atoms with E-state index in [1.807, 2.05) is 24.1 Å². The number of carbonyl (C=O) groups excluding carboxylic acids is 1. The molecule has 20 heavy (non-hydrogen) atoms. The minimum absolute atomic E-state index is 0.311. The molecule has 0 heterocycles. The minimum Gasteiger partial charge on any atom is -0.341 e. The highest BCUT2D eigenvalue weighted by Crippen LogP contribution is 2.49. The number of amides is 1. The Labute approximate surface area is 129 Å². The molecular weight excluding hydrogens is 314 g/mol. The fourth-order valence-corrected chi connectivity index (χ4v) is 4.22. The van der Waals surface area contributed by atoms with Gasteiger partial charge in [0.15, 0.2) is 0 Å². The van der Waals surface area contributed by atoms with E-state index in [9.17, 15) is 4.79 Å². The highest BCUT2D eigenvalue weighted by atomic mass is 79.9. The van der Waals surface area contributed by atoms with E-state index in [0.29, 0.717) is 18.4 Å². The molecule has 108 valence electrons. The standard InChI is InChI=1S/C17H22BrNO/c1-19(11-12-3-6-16(18)7-4-12)17(20)10-15-9-13-2-5-14(15)8-13/h3-4,6-7,13-15H,2,5,8-11H2,1H3. The third kappa shape index (κ3) is 3.08. The van der Waals surface area contributed by atoms with E-state index in [0.717, 1.165) is 22.7 Å². The molecule has 2 nitrogen and oxygen atoms in total. The number of hydrogen-bond acceptors (Lipinski definition) is 1. The fraction of sp³-hybridized carbons (Fsp3) is 0.588. The zero-order chi connectivity index (χ0) is 14.1. The molecule has 3 atom stereocenters. The summed E-state index contributed by atoms with van der Waals surface area (Å²) in [5.74, 6) is 2.73. The van der Waals surface area contributed by atoms with Crippen molar-refractivity contribution in [2.45, 2.75) is 38.6 Å². The summed E-state index contributed by atoms with van der Waals surface area (Å²) in [6, 6.07) is 8.21. The van der Waals surface area contributed by atoms with Crippen molar-refractivity contribution in [2.24, 2.45) is 17.8 Å². The molecule has 2 bridgehead atoms. The Morgan fingerprint density at radius 2 is 2.00 bits per heavy atom. The van der Waals surface area contributed by atoms with Crippen LogP contribution in [0.5, 0.6) is 0 Å². The highest BCUT2D eigenvalue weighted by Gasteiger charge is 2.40. The Balaban J connectivity index is 1.53. The molecule has 2 fully saturated rings. The summed E-state index contributed by atoms with van der Waals surface area (Å²) in [6.45, 7) is 0.715. The van der Waals surface area contributed by atoms with E-state index in [2.05, 4.69) is 28.1 Å². The van der Waals surface area contributed by atoms with Gasteiger partial charge in [-0.3, -0.25) is 4.79 Å².